The Kier molecular flexibility index (Phi) is 5.14. The van der Waals surface area contributed by atoms with Crippen molar-refractivity contribution in [2.24, 2.45) is 0 Å². The molecule has 0 spiro atoms. The maximum absolute atomic E-state index is 14.9. The number of rotatable bonds is 6. The van der Waals surface area contributed by atoms with E-state index in [4.69, 9.17) is 14.7 Å². The number of amides is 1. The minimum absolute atomic E-state index is 0.122. The molecule has 1 amide bonds. The van der Waals surface area contributed by atoms with Crippen LogP contribution in [-0.2, 0) is 16.1 Å². The number of nitrogens with zero attached hydrogens (tertiary/aromatic N) is 4. The van der Waals surface area contributed by atoms with Crippen LogP contribution in [0.15, 0.2) is 48.8 Å². The first-order valence-corrected chi connectivity index (χ1v) is 10.4. The standard InChI is InChI=1S/C20H18FN5O4S/c21-16-7-12(26-10-14(29-20(26)28)9-25-6-5-22-24-25)1-2-15(16)18-3-4-19(31-18)17-8-13(11-27)30-23-17/h1-8,13-14,23,27H,9-11H2/t13?,14-/m0/s1. The minimum Gasteiger partial charge on any atom is -0.442 e. The molecule has 1 saturated heterocycles. The highest BCUT2D eigenvalue weighted by molar-refractivity contribution is 7.16. The fraction of sp³-hybridized carbons (Fsp3) is 0.250. The lowest BCUT2D eigenvalue weighted by molar-refractivity contribution is 0.0174. The molecular formula is C20H18FN5O4S. The summed E-state index contributed by atoms with van der Waals surface area (Å²) in [4.78, 5) is 20.5. The monoisotopic (exact) mass is 443 g/mol. The molecule has 11 heteroatoms. The van der Waals surface area contributed by atoms with E-state index in [1.165, 1.54) is 22.3 Å². The Labute approximate surface area is 180 Å². The van der Waals surface area contributed by atoms with Crippen LogP contribution < -0.4 is 10.4 Å². The second-order valence-electron chi connectivity index (χ2n) is 7.09. The summed E-state index contributed by atoms with van der Waals surface area (Å²) in [7, 11) is 0. The van der Waals surface area contributed by atoms with Crippen LogP contribution in [-0.4, -0.2) is 51.6 Å². The van der Waals surface area contributed by atoms with Crippen LogP contribution in [0.3, 0.4) is 0 Å². The van der Waals surface area contributed by atoms with Gasteiger partial charge in [0, 0.05) is 16.6 Å². The molecule has 5 rings (SSSR count). The third kappa shape index (κ3) is 3.90. The summed E-state index contributed by atoms with van der Waals surface area (Å²) in [5, 5.41) is 16.8. The number of halogens is 1. The van der Waals surface area contributed by atoms with E-state index in [9.17, 15) is 9.18 Å². The molecule has 2 aliphatic heterocycles. The first-order chi connectivity index (χ1) is 15.1. The molecule has 3 aromatic rings. The predicted octanol–water partition coefficient (Wildman–Crippen LogP) is 2.41. The molecule has 0 radical (unpaired) electrons. The van der Waals surface area contributed by atoms with Gasteiger partial charge in [0.2, 0.25) is 0 Å². The van der Waals surface area contributed by atoms with E-state index in [0.717, 1.165) is 15.5 Å². The van der Waals surface area contributed by atoms with Gasteiger partial charge in [0.05, 0.1) is 42.2 Å². The quantitative estimate of drug-likeness (QED) is 0.603. The maximum atomic E-state index is 14.9. The molecule has 2 atom stereocenters. The molecule has 9 nitrogen and oxygen atoms in total. The van der Waals surface area contributed by atoms with Crippen molar-refractivity contribution in [2.45, 2.75) is 18.8 Å². The van der Waals surface area contributed by atoms with Gasteiger partial charge in [-0.3, -0.25) is 15.2 Å². The van der Waals surface area contributed by atoms with Gasteiger partial charge in [-0.1, -0.05) is 5.21 Å². The van der Waals surface area contributed by atoms with Gasteiger partial charge in [0.25, 0.3) is 0 Å². The molecule has 1 unspecified atom stereocenters. The summed E-state index contributed by atoms with van der Waals surface area (Å²) in [6.45, 7) is 0.557. The summed E-state index contributed by atoms with van der Waals surface area (Å²) in [6, 6.07) is 8.38. The number of hydroxylamine groups is 1. The Hall–Kier alpha value is -3.28. The number of hydrogen-bond acceptors (Lipinski definition) is 8. The molecule has 2 aromatic heterocycles. The van der Waals surface area contributed by atoms with Crippen LogP contribution in [0, 0.1) is 5.82 Å². The lowest BCUT2D eigenvalue weighted by Gasteiger charge is -2.14. The number of thiophene rings is 1. The van der Waals surface area contributed by atoms with Gasteiger partial charge >= 0.3 is 6.09 Å². The molecule has 0 saturated carbocycles. The highest BCUT2D eigenvalue weighted by Crippen LogP contribution is 2.35. The Morgan fingerprint density at radius 1 is 1.29 bits per heavy atom. The second-order valence-corrected chi connectivity index (χ2v) is 8.17. The normalized spacial score (nSPS) is 20.6. The molecule has 160 valence electrons. The molecule has 1 fully saturated rings. The molecule has 2 aliphatic rings. The van der Waals surface area contributed by atoms with Gasteiger partial charge in [0.1, 0.15) is 18.0 Å². The topological polar surface area (TPSA) is 102 Å². The van der Waals surface area contributed by atoms with E-state index in [2.05, 4.69) is 15.8 Å². The number of benzene rings is 1. The zero-order valence-corrected chi connectivity index (χ0v) is 17.0. The van der Waals surface area contributed by atoms with Gasteiger partial charge in [-0.05, 0) is 36.4 Å². The van der Waals surface area contributed by atoms with E-state index >= 15 is 0 Å². The summed E-state index contributed by atoms with van der Waals surface area (Å²) in [6.07, 6.45) is 3.71. The highest BCUT2D eigenvalue weighted by atomic mass is 32.1. The Bertz CT molecular complexity index is 1130. The number of ether oxygens (including phenoxy) is 1. The average molecular weight is 443 g/mol. The van der Waals surface area contributed by atoms with Crippen LogP contribution in [0.5, 0.6) is 0 Å². The largest absolute Gasteiger partial charge is 0.442 e. The average Bonchev–Trinajstić information content (AvgIpc) is 3.55. The lowest BCUT2D eigenvalue weighted by atomic mass is 10.1. The fourth-order valence-corrected chi connectivity index (χ4v) is 4.49. The van der Waals surface area contributed by atoms with Crippen LogP contribution in [0.4, 0.5) is 14.9 Å². The lowest BCUT2D eigenvalue weighted by Crippen LogP contribution is -2.26. The molecule has 2 N–H and O–H groups in total. The van der Waals surface area contributed by atoms with E-state index < -0.39 is 24.1 Å². The minimum atomic E-state index is -0.520. The third-order valence-electron chi connectivity index (χ3n) is 4.99. The second kappa shape index (κ2) is 8.10. The van der Waals surface area contributed by atoms with E-state index in [0.29, 0.717) is 24.3 Å². The molecular weight excluding hydrogens is 425 g/mol. The van der Waals surface area contributed by atoms with Gasteiger partial charge in [0.15, 0.2) is 0 Å². The molecule has 31 heavy (non-hydrogen) atoms. The summed E-state index contributed by atoms with van der Waals surface area (Å²) in [5.74, 6) is -0.434. The van der Waals surface area contributed by atoms with Crippen molar-refractivity contribution in [3.8, 4) is 10.4 Å². The first kappa shape index (κ1) is 19.7. The SMILES string of the molecule is O=C1O[C@@H](Cn2ccnn2)CN1c1ccc(-c2ccc(C3=CC(CO)ON3)s2)c(F)c1. The van der Waals surface area contributed by atoms with Crippen molar-refractivity contribution >= 4 is 28.8 Å². The van der Waals surface area contributed by atoms with Crippen LogP contribution in [0.1, 0.15) is 4.88 Å². The Morgan fingerprint density at radius 2 is 2.16 bits per heavy atom. The van der Waals surface area contributed by atoms with Crippen molar-refractivity contribution in [2.75, 3.05) is 18.1 Å². The van der Waals surface area contributed by atoms with Crippen LogP contribution in [0.25, 0.3) is 16.1 Å². The molecule has 1 aromatic carbocycles. The molecule has 0 bridgehead atoms. The summed E-state index contributed by atoms with van der Waals surface area (Å²) in [5.41, 5.74) is 4.38. The van der Waals surface area contributed by atoms with Crippen molar-refractivity contribution in [3.05, 3.63) is 59.5 Å². The zero-order chi connectivity index (χ0) is 21.4. The van der Waals surface area contributed by atoms with Gasteiger partial charge in [-0.15, -0.1) is 16.4 Å². The maximum Gasteiger partial charge on any atom is 0.414 e. The fourth-order valence-electron chi connectivity index (χ4n) is 3.48. The number of cyclic esters (lactones) is 1. The van der Waals surface area contributed by atoms with Gasteiger partial charge in [-0.2, -0.15) is 0 Å². The number of nitrogens with one attached hydrogen (secondary N) is 1. The highest BCUT2D eigenvalue weighted by Gasteiger charge is 2.33. The van der Waals surface area contributed by atoms with Gasteiger partial charge < -0.3 is 9.84 Å². The molecule has 4 heterocycles. The third-order valence-corrected chi connectivity index (χ3v) is 6.14. The number of hydrogen-bond donors (Lipinski definition) is 2. The molecule has 0 aliphatic carbocycles. The number of carbonyl (C=O) groups is 1. The smallest absolute Gasteiger partial charge is 0.414 e. The van der Waals surface area contributed by atoms with Gasteiger partial charge in [-0.25, -0.2) is 13.9 Å². The zero-order valence-electron chi connectivity index (χ0n) is 16.1. The van der Waals surface area contributed by atoms with E-state index in [1.54, 1.807) is 35.3 Å². The number of aromatic nitrogens is 3. The predicted molar refractivity (Wildman–Crippen MR) is 110 cm³/mol. The number of carbonyl (C=O) groups excluding carboxylic acids is 1. The van der Waals surface area contributed by atoms with Crippen molar-refractivity contribution in [3.63, 3.8) is 0 Å². The van der Waals surface area contributed by atoms with Crippen molar-refractivity contribution in [1.29, 1.82) is 0 Å². The van der Waals surface area contributed by atoms with E-state index in [1.807, 2.05) is 12.1 Å². The summed E-state index contributed by atoms with van der Waals surface area (Å²) < 4.78 is 21.9. The van der Waals surface area contributed by atoms with Crippen LogP contribution in [0.2, 0.25) is 0 Å². The van der Waals surface area contributed by atoms with Crippen LogP contribution >= 0.6 is 11.3 Å². The first-order valence-electron chi connectivity index (χ1n) is 9.57. The van der Waals surface area contributed by atoms with E-state index in [-0.39, 0.29) is 6.61 Å². The summed E-state index contributed by atoms with van der Waals surface area (Å²) >= 11 is 1.40. The van der Waals surface area contributed by atoms with Crippen molar-refractivity contribution in [1.82, 2.24) is 20.5 Å². The number of aliphatic hydroxyl groups excluding tert-OH is 1. The number of anilines is 1. The number of aliphatic hydroxyl groups is 1. The Morgan fingerprint density at radius 3 is 2.90 bits per heavy atom. The Balaban J connectivity index is 1.32. The van der Waals surface area contributed by atoms with Crippen molar-refractivity contribution < 1.29 is 23.9 Å².